The maximum absolute atomic E-state index is 11.0. The molecule has 1 aromatic carbocycles. The van der Waals surface area contributed by atoms with E-state index >= 15 is 0 Å². The molecule has 2 aromatic rings. The summed E-state index contributed by atoms with van der Waals surface area (Å²) >= 11 is 5.78. The number of hydrazine groups is 1. The summed E-state index contributed by atoms with van der Waals surface area (Å²) in [6, 6.07) is 7.09. The topological polar surface area (TPSA) is 119 Å². The van der Waals surface area contributed by atoms with Crippen LogP contribution in [-0.2, 0) is 6.54 Å². The van der Waals surface area contributed by atoms with E-state index in [9.17, 15) is 10.1 Å². The van der Waals surface area contributed by atoms with E-state index in [1.165, 1.54) is 6.33 Å². The highest BCUT2D eigenvalue weighted by Crippen LogP contribution is 2.28. The summed E-state index contributed by atoms with van der Waals surface area (Å²) in [6.07, 6.45) is 1.19. The molecular formula is C11H11ClN6O2. The number of aromatic nitrogens is 2. The molecule has 0 amide bonds. The summed E-state index contributed by atoms with van der Waals surface area (Å²) in [5, 5.41) is 14.5. The van der Waals surface area contributed by atoms with Crippen LogP contribution in [0.3, 0.4) is 0 Å². The van der Waals surface area contributed by atoms with Crippen molar-refractivity contribution in [1.82, 2.24) is 9.97 Å². The molecule has 0 bridgehead atoms. The maximum Gasteiger partial charge on any atom is 0.354 e. The van der Waals surface area contributed by atoms with Gasteiger partial charge in [0.05, 0.1) is 4.92 Å². The van der Waals surface area contributed by atoms with Gasteiger partial charge in [-0.3, -0.25) is 10.1 Å². The number of benzene rings is 1. The zero-order chi connectivity index (χ0) is 14.5. The molecule has 4 N–H and O–H groups in total. The van der Waals surface area contributed by atoms with Crippen molar-refractivity contribution >= 4 is 28.9 Å². The number of nitrogens with one attached hydrogen (secondary N) is 2. The second kappa shape index (κ2) is 6.13. The third-order valence-corrected chi connectivity index (χ3v) is 2.77. The van der Waals surface area contributed by atoms with Gasteiger partial charge >= 0.3 is 5.69 Å². The molecule has 0 atom stereocenters. The molecule has 0 fully saturated rings. The lowest BCUT2D eigenvalue weighted by Gasteiger charge is -2.08. The van der Waals surface area contributed by atoms with Gasteiger partial charge in [0.15, 0.2) is 0 Å². The fourth-order valence-electron chi connectivity index (χ4n) is 1.57. The standard InChI is InChI=1S/C11H11ClN6O2/c12-8-3-1-7(2-4-8)5-14-10-9(18(19)20)11(17-13)16-6-15-10/h1-4,6H,5,13H2,(H2,14,15,16,17). The van der Waals surface area contributed by atoms with Gasteiger partial charge in [-0.05, 0) is 17.7 Å². The predicted octanol–water partition coefficient (Wildman–Crippen LogP) is 1.94. The van der Waals surface area contributed by atoms with Gasteiger partial charge in [0.1, 0.15) is 6.33 Å². The largest absolute Gasteiger partial charge is 0.360 e. The monoisotopic (exact) mass is 294 g/mol. The number of rotatable bonds is 5. The van der Waals surface area contributed by atoms with Crippen molar-refractivity contribution in [2.75, 3.05) is 10.7 Å². The fourth-order valence-corrected chi connectivity index (χ4v) is 1.70. The molecule has 0 radical (unpaired) electrons. The number of hydrogen-bond donors (Lipinski definition) is 3. The first-order valence-corrected chi connectivity index (χ1v) is 5.94. The molecule has 0 saturated carbocycles. The van der Waals surface area contributed by atoms with Gasteiger partial charge in [0.2, 0.25) is 11.6 Å². The lowest BCUT2D eigenvalue weighted by molar-refractivity contribution is -0.383. The molecule has 0 spiro atoms. The average Bonchev–Trinajstić information content (AvgIpc) is 2.46. The molecule has 1 aromatic heterocycles. The minimum absolute atomic E-state index is 0.0522. The van der Waals surface area contributed by atoms with Crippen molar-refractivity contribution in [3.63, 3.8) is 0 Å². The molecule has 0 aliphatic carbocycles. The Hall–Kier alpha value is -2.45. The van der Waals surface area contributed by atoms with Crippen molar-refractivity contribution < 1.29 is 4.92 Å². The van der Waals surface area contributed by atoms with Crippen LogP contribution in [-0.4, -0.2) is 14.9 Å². The molecular weight excluding hydrogens is 284 g/mol. The zero-order valence-corrected chi connectivity index (χ0v) is 11.0. The van der Waals surface area contributed by atoms with Crippen LogP contribution >= 0.6 is 11.6 Å². The minimum Gasteiger partial charge on any atom is -0.360 e. The summed E-state index contributed by atoms with van der Waals surface area (Å²) < 4.78 is 0. The van der Waals surface area contributed by atoms with Gasteiger partial charge in [-0.2, -0.15) is 0 Å². The normalized spacial score (nSPS) is 10.1. The summed E-state index contributed by atoms with van der Waals surface area (Å²) in [7, 11) is 0. The average molecular weight is 295 g/mol. The predicted molar refractivity (Wildman–Crippen MR) is 75.3 cm³/mol. The molecule has 0 saturated heterocycles. The van der Waals surface area contributed by atoms with Gasteiger partial charge in [0, 0.05) is 11.6 Å². The lowest BCUT2D eigenvalue weighted by atomic mass is 10.2. The fraction of sp³-hybridized carbons (Fsp3) is 0.0909. The highest BCUT2D eigenvalue weighted by atomic mass is 35.5. The Labute approximate surface area is 119 Å². The summed E-state index contributed by atoms with van der Waals surface area (Å²) in [5.74, 6) is 5.23. The van der Waals surface area contributed by atoms with Crippen LogP contribution in [0.2, 0.25) is 5.02 Å². The van der Waals surface area contributed by atoms with Gasteiger partial charge < -0.3 is 10.7 Å². The van der Waals surface area contributed by atoms with E-state index in [0.717, 1.165) is 5.56 Å². The quantitative estimate of drug-likeness (QED) is 0.438. The van der Waals surface area contributed by atoms with Crippen LogP contribution in [0.15, 0.2) is 30.6 Å². The van der Waals surface area contributed by atoms with Gasteiger partial charge in [-0.1, -0.05) is 23.7 Å². The molecule has 104 valence electrons. The van der Waals surface area contributed by atoms with Crippen LogP contribution in [0, 0.1) is 10.1 Å². The molecule has 0 unspecified atom stereocenters. The highest BCUT2D eigenvalue weighted by molar-refractivity contribution is 6.30. The van der Waals surface area contributed by atoms with E-state index in [4.69, 9.17) is 17.4 Å². The molecule has 9 heteroatoms. The first-order valence-electron chi connectivity index (χ1n) is 5.56. The second-order valence-corrected chi connectivity index (χ2v) is 4.24. The van der Waals surface area contributed by atoms with Crippen LogP contribution < -0.4 is 16.6 Å². The molecule has 8 nitrogen and oxygen atoms in total. The van der Waals surface area contributed by atoms with E-state index in [1.807, 2.05) is 12.1 Å². The van der Waals surface area contributed by atoms with Gasteiger partial charge in [-0.15, -0.1) is 0 Å². The number of hydrogen-bond acceptors (Lipinski definition) is 7. The van der Waals surface area contributed by atoms with Crippen molar-refractivity contribution in [2.24, 2.45) is 5.84 Å². The minimum atomic E-state index is -0.598. The molecule has 0 aliphatic heterocycles. The second-order valence-electron chi connectivity index (χ2n) is 3.80. The number of nitro groups is 1. The van der Waals surface area contributed by atoms with Crippen molar-refractivity contribution in [1.29, 1.82) is 0 Å². The van der Waals surface area contributed by atoms with E-state index in [1.54, 1.807) is 12.1 Å². The zero-order valence-electron chi connectivity index (χ0n) is 10.2. The lowest BCUT2D eigenvalue weighted by Crippen LogP contribution is -2.13. The first kappa shape index (κ1) is 14.0. The van der Waals surface area contributed by atoms with Gasteiger partial charge in [-0.25, -0.2) is 15.8 Å². The van der Waals surface area contributed by atoms with Crippen LogP contribution in [0.4, 0.5) is 17.3 Å². The summed E-state index contributed by atoms with van der Waals surface area (Å²) in [6.45, 7) is 0.360. The number of nitrogens with two attached hydrogens (primary N) is 1. The molecule has 2 rings (SSSR count). The Morgan fingerprint density at radius 2 is 1.90 bits per heavy atom. The van der Waals surface area contributed by atoms with Crippen molar-refractivity contribution in [3.05, 3.63) is 51.3 Å². The Morgan fingerprint density at radius 1 is 1.25 bits per heavy atom. The first-order chi connectivity index (χ1) is 9.61. The number of nitrogen functional groups attached to an aromatic ring is 1. The van der Waals surface area contributed by atoms with Crippen LogP contribution in [0.5, 0.6) is 0 Å². The Bertz CT molecular complexity index is 619. The van der Waals surface area contributed by atoms with Gasteiger partial charge in [0.25, 0.3) is 0 Å². The third kappa shape index (κ3) is 3.11. The van der Waals surface area contributed by atoms with Crippen LogP contribution in [0.25, 0.3) is 0 Å². The smallest absolute Gasteiger partial charge is 0.354 e. The SMILES string of the molecule is NNc1ncnc(NCc2ccc(Cl)cc2)c1[N+](=O)[O-]. The van der Waals surface area contributed by atoms with E-state index in [-0.39, 0.29) is 17.3 Å². The van der Waals surface area contributed by atoms with E-state index in [0.29, 0.717) is 11.6 Å². The Morgan fingerprint density at radius 3 is 2.50 bits per heavy atom. The Kier molecular flexibility index (Phi) is 4.28. The summed E-state index contributed by atoms with van der Waals surface area (Å²) in [4.78, 5) is 18.0. The van der Waals surface area contributed by atoms with E-state index in [2.05, 4.69) is 20.7 Å². The maximum atomic E-state index is 11.0. The number of halogens is 1. The third-order valence-electron chi connectivity index (χ3n) is 2.51. The summed E-state index contributed by atoms with van der Waals surface area (Å²) in [5.41, 5.74) is 2.78. The molecule has 0 aliphatic rings. The highest BCUT2D eigenvalue weighted by Gasteiger charge is 2.21. The van der Waals surface area contributed by atoms with Crippen molar-refractivity contribution in [2.45, 2.75) is 6.54 Å². The Balaban J connectivity index is 2.21. The molecule has 20 heavy (non-hydrogen) atoms. The number of nitrogens with zero attached hydrogens (tertiary/aromatic N) is 3. The van der Waals surface area contributed by atoms with Crippen LogP contribution in [0.1, 0.15) is 5.56 Å². The number of anilines is 2. The molecule has 1 heterocycles. The van der Waals surface area contributed by atoms with E-state index < -0.39 is 4.92 Å². The van der Waals surface area contributed by atoms with Crippen molar-refractivity contribution in [3.8, 4) is 0 Å².